The second-order valence-electron chi connectivity index (χ2n) is 5.14. The Labute approximate surface area is 136 Å². The highest BCUT2D eigenvalue weighted by atomic mass is 35.5. The Morgan fingerprint density at radius 2 is 1.82 bits per heavy atom. The Kier molecular flexibility index (Phi) is 5.06. The van der Waals surface area contributed by atoms with Crippen molar-refractivity contribution in [3.05, 3.63) is 71.3 Å². The van der Waals surface area contributed by atoms with Crippen molar-refractivity contribution in [1.82, 2.24) is 4.31 Å². The van der Waals surface area contributed by atoms with E-state index in [-0.39, 0.29) is 11.4 Å². The molecule has 2 rings (SSSR count). The molecule has 0 saturated heterocycles. The highest BCUT2D eigenvalue weighted by molar-refractivity contribution is 7.89. The number of aryl methyl sites for hydroxylation is 1. The molecule has 0 heterocycles. The van der Waals surface area contributed by atoms with E-state index >= 15 is 0 Å². The van der Waals surface area contributed by atoms with Gasteiger partial charge in [-0.15, -0.1) is 0 Å². The fourth-order valence-corrected chi connectivity index (χ4v) is 3.45. The number of likely N-dealkylation sites (N-methyl/N-ethyl adjacent to an activating group) is 1. The van der Waals surface area contributed by atoms with Gasteiger partial charge >= 0.3 is 0 Å². The van der Waals surface area contributed by atoms with Crippen LogP contribution in [0.4, 0.5) is 0 Å². The van der Waals surface area contributed by atoms with Crippen LogP contribution in [0.2, 0.25) is 5.02 Å². The van der Waals surface area contributed by atoms with Crippen LogP contribution < -0.4 is 0 Å². The van der Waals surface area contributed by atoms with E-state index in [0.29, 0.717) is 5.02 Å². The first-order chi connectivity index (χ1) is 10.3. The maximum absolute atomic E-state index is 12.6. The summed E-state index contributed by atoms with van der Waals surface area (Å²) in [5.41, 5.74) is 2.41. The summed E-state index contributed by atoms with van der Waals surface area (Å²) in [6.45, 7) is 5.99. The molecule has 0 aliphatic heterocycles. The number of hydrogen-bond donors (Lipinski definition) is 0. The summed E-state index contributed by atoms with van der Waals surface area (Å²) < 4.78 is 26.5. The number of hydrogen-bond acceptors (Lipinski definition) is 2. The lowest BCUT2D eigenvalue weighted by Gasteiger charge is -2.19. The van der Waals surface area contributed by atoms with Crippen molar-refractivity contribution < 1.29 is 8.42 Å². The molecule has 3 nitrogen and oxygen atoms in total. The molecular weight excluding hydrogens is 318 g/mol. The van der Waals surface area contributed by atoms with Crippen LogP contribution in [0.25, 0.3) is 5.57 Å². The second-order valence-corrected chi connectivity index (χ2v) is 7.59. The molecular formula is C17H18ClNO2S. The van der Waals surface area contributed by atoms with Gasteiger partial charge in [0.2, 0.25) is 10.0 Å². The van der Waals surface area contributed by atoms with Crippen molar-refractivity contribution in [2.75, 3.05) is 13.6 Å². The van der Waals surface area contributed by atoms with Crippen LogP contribution in [0, 0.1) is 6.92 Å². The lowest BCUT2D eigenvalue weighted by Crippen LogP contribution is -2.28. The van der Waals surface area contributed by atoms with Gasteiger partial charge in [0.05, 0.1) is 4.90 Å². The Morgan fingerprint density at radius 3 is 2.41 bits per heavy atom. The van der Waals surface area contributed by atoms with Crippen molar-refractivity contribution in [3.63, 3.8) is 0 Å². The van der Waals surface area contributed by atoms with Crippen molar-refractivity contribution >= 4 is 27.2 Å². The number of halogens is 1. The molecule has 0 aliphatic rings. The van der Waals surface area contributed by atoms with E-state index in [9.17, 15) is 8.42 Å². The first-order valence-electron chi connectivity index (χ1n) is 6.78. The molecule has 0 spiro atoms. The molecule has 0 radical (unpaired) electrons. The third kappa shape index (κ3) is 3.58. The number of nitrogens with zero attached hydrogens (tertiary/aromatic N) is 1. The molecule has 2 aromatic carbocycles. The smallest absolute Gasteiger partial charge is 0.207 e. The zero-order chi connectivity index (χ0) is 16.3. The van der Waals surface area contributed by atoms with Crippen molar-refractivity contribution in [2.45, 2.75) is 11.8 Å². The Bertz CT molecular complexity index is 786. The van der Waals surface area contributed by atoms with Crippen LogP contribution in [-0.2, 0) is 10.0 Å². The summed E-state index contributed by atoms with van der Waals surface area (Å²) in [4.78, 5) is 0.234. The molecule has 0 bridgehead atoms. The summed E-state index contributed by atoms with van der Waals surface area (Å²) in [5, 5.41) is 0.551. The minimum Gasteiger partial charge on any atom is -0.207 e. The van der Waals surface area contributed by atoms with Crippen LogP contribution in [0.15, 0.2) is 60.0 Å². The lowest BCUT2D eigenvalue weighted by atomic mass is 10.1. The Hall–Kier alpha value is -1.62. The third-order valence-corrected chi connectivity index (χ3v) is 5.66. The van der Waals surface area contributed by atoms with E-state index in [1.807, 2.05) is 30.3 Å². The topological polar surface area (TPSA) is 37.4 Å². The van der Waals surface area contributed by atoms with E-state index in [0.717, 1.165) is 16.7 Å². The maximum Gasteiger partial charge on any atom is 0.243 e. The molecule has 22 heavy (non-hydrogen) atoms. The van der Waals surface area contributed by atoms with Gasteiger partial charge in [-0.25, -0.2) is 8.42 Å². The summed E-state index contributed by atoms with van der Waals surface area (Å²) in [6.07, 6.45) is 0. The molecule has 0 amide bonds. The fraction of sp³-hybridized carbons (Fsp3) is 0.176. The monoisotopic (exact) mass is 335 g/mol. The number of sulfonamides is 1. The van der Waals surface area contributed by atoms with E-state index in [1.54, 1.807) is 26.1 Å². The Morgan fingerprint density at radius 1 is 1.18 bits per heavy atom. The largest absolute Gasteiger partial charge is 0.243 e. The van der Waals surface area contributed by atoms with E-state index in [4.69, 9.17) is 11.6 Å². The molecule has 2 aromatic rings. The summed E-state index contributed by atoms with van der Waals surface area (Å²) in [5.74, 6) is 0. The van der Waals surface area contributed by atoms with Crippen LogP contribution in [0.1, 0.15) is 11.1 Å². The quantitative estimate of drug-likeness (QED) is 0.828. The van der Waals surface area contributed by atoms with Gasteiger partial charge in [-0.05, 0) is 41.8 Å². The van der Waals surface area contributed by atoms with Gasteiger partial charge in [-0.2, -0.15) is 4.31 Å². The third-order valence-electron chi connectivity index (χ3n) is 3.43. The molecule has 0 aromatic heterocycles. The highest BCUT2D eigenvalue weighted by Gasteiger charge is 2.22. The molecule has 5 heteroatoms. The molecule has 0 unspecified atom stereocenters. The molecule has 116 valence electrons. The van der Waals surface area contributed by atoms with Gasteiger partial charge in [0.25, 0.3) is 0 Å². The standard InChI is InChI=1S/C17H18ClNO2S/c1-13-11-16(9-10-17(13)18)22(20,21)19(3)12-14(2)15-7-5-4-6-8-15/h4-11H,2,12H2,1,3H3. The molecule has 0 fully saturated rings. The maximum atomic E-state index is 12.6. The predicted octanol–water partition coefficient (Wildman–Crippen LogP) is 3.98. The van der Waals surface area contributed by atoms with Gasteiger partial charge in [0.1, 0.15) is 0 Å². The van der Waals surface area contributed by atoms with Gasteiger partial charge in [-0.1, -0.05) is 48.5 Å². The fourth-order valence-electron chi connectivity index (χ4n) is 2.08. The van der Waals surface area contributed by atoms with Crippen molar-refractivity contribution in [3.8, 4) is 0 Å². The average Bonchev–Trinajstić information content (AvgIpc) is 2.50. The summed E-state index contributed by atoms with van der Waals surface area (Å²) in [7, 11) is -2.02. The summed E-state index contributed by atoms with van der Waals surface area (Å²) in [6, 6.07) is 14.2. The molecule has 0 atom stereocenters. The normalized spacial score (nSPS) is 11.6. The van der Waals surface area contributed by atoms with E-state index in [2.05, 4.69) is 6.58 Å². The van der Waals surface area contributed by atoms with E-state index < -0.39 is 10.0 Å². The number of rotatable bonds is 5. The minimum atomic E-state index is -3.57. The molecule has 0 saturated carbocycles. The van der Waals surface area contributed by atoms with Gasteiger partial charge < -0.3 is 0 Å². The first-order valence-corrected chi connectivity index (χ1v) is 8.60. The van der Waals surface area contributed by atoms with Gasteiger partial charge in [0.15, 0.2) is 0 Å². The zero-order valence-electron chi connectivity index (χ0n) is 12.6. The number of benzene rings is 2. The van der Waals surface area contributed by atoms with Crippen LogP contribution in [-0.4, -0.2) is 26.3 Å². The predicted molar refractivity (Wildman–Crippen MR) is 91.5 cm³/mol. The van der Waals surface area contributed by atoms with Gasteiger partial charge in [-0.3, -0.25) is 0 Å². The molecule has 0 aliphatic carbocycles. The van der Waals surface area contributed by atoms with Crippen molar-refractivity contribution in [2.24, 2.45) is 0 Å². The molecule has 0 N–H and O–H groups in total. The zero-order valence-corrected chi connectivity index (χ0v) is 14.2. The summed E-state index contributed by atoms with van der Waals surface area (Å²) >= 11 is 5.95. The van der Waals surface area contributed by atoms with Crippen LogP contribution in [0.3, 0.4) is 0 Å². The van der Waals surface area contributed by atoms with E-state index in [1.165, 1.54) is 10.4 Å². The van der Waals surface area contributed by atoms with Crippen molar-refractivity contribution in [1.29, 1.82) is 0 Å². The average molecular weight is 336 g/mol. The SMILES string of the molecule is C=C(CN(C)S(=O)(=O)c1ccc(Cl)c(C)c1)c1ccccc1. The first kappa shape index (κ1) is 16.7. The van der Waals surface area contributed by atoms with Crippen LogP contribution in [0.5, 0.6) is 0 Å². The minimum absolute atomic E-state index is 0.230. The van der Waals surface area contributed by atoms with Gasteiger partial charge in [0, 0.05) is 18.6 Å². The Balaban J connectivity index is 2.22. The highest BCUT2D eigenvalue weighted by Crippen LogP contribution is 2.23. The second kappa shape index (κ2) is 6.65. The van der Waals surface area contributed by atoms with Crippen LogP contribution >= 0.6 is 11.6 Å². The lowest BCUT2D eigenvalue weighted by molar-refractivity contribution is 0.502.